The number of thiophene rings is 1. The Morgan fingerprint density at radius 1 is 1.25 bits per heavy atom. The van der Waals surface area contributed by atoms with E-state index in [1.165, 1.54) is 10.4 Å². The summed E-state index contributed by atoms with van der Waals surface area (Å²) >= 11 is 1.70. The molecule has 0 saturated carbocycles. The van der Waals surface area contributed by atoms with E-state index < -0.39 is 0 Å². The van der Waals surface area contributed by atoms with E-state index >= 15 is 0 Å². The predicted octanol–water partition coefficient (Wildman–Crippen LogP) is 3.09. The number of nitrogens with two attached hydrogens (primary N) is 1. The van der Waals surface area contributed by atoms with Gasteiger partial charge < -0.3 is 5.73 Å². The molecule has 4 heteroatoms. The molecular weight excluding hydrogens is 218 g/mol. The molecule has 0 amide bonds. The zero-order valence-electron chi connectivity index (χ0n) is 10.2. The summed E-state index contributed by atoms with van der Waals surface area (Å²) in [6.45, 7) is 8.50. The van der Waals surface area contributed by atoms with Gasteiger partial charge in [-0.2, -0.15) is 0 Å². The summed E-state index contributed by atoms with van der Waals surface area (Å²) in [5.41, 5.74) is 7.22. The van der Waals surface area contributed by atoms with Gasteiger partial charge in [-0.05, 0) is 25.3 Å². The van der Waals surface area contributed by atoms with Crippen LogP contribution in [0.2, 0.25) is 0 Å². The minimum Gasteiger partial charge on any atom is -0.383 e. The highest BCUT2D eigenvalue weighted by Gasteiger charge is 2.12. The SMILES string of the molecule is Cc1sc2nc(CC(C)C)nc(N)c2c1C. The molecule has 2 aromatic heterocycles. The van der Waals surface area contributed by atoms with Gasteiger partial charge in [-0.1, -0.05) is 13.8 Å². The minimum absolute atomic E-state index is 0.555. The van der Waals surface area contributed by atoms with Gasteiger partial charge in [0.15, 0.2) is 0 Å². The molecule has 2 heterocycles. The maximum absolute atomic E-state index is 6.00. The second kappa shape index (κ2) is 4.01. The van der Waals surface area contributed by atoms with E-state index in [0.717, 1.165) is 22.5 Å². The lowest BCUT2D eigenvalue weighted by molar-refractivity contribution is 0.624. The van der Waals surface area contributed by atoms with E-state index in [1.54, 1.807) is 11.3 Å². The lowest BCUT2D eigenvalue weighted by atomic mass is 10.1. The highest BCUT2D eigenvalue weighted by atomic mass is 32.1. The van der Waals surface area contributed by atoms with Gasteiger partial charge in [-0.3, -0.25) is 0 Å². The number of nitrogen functional groups attached to an aromatic ring is 1. The Morgan fingerprint density at radius 2 is 1.94 bits per heavy atom. The molecule has 0 fully saturated rings. The number of rotatable bonds is 2. The molecule has 0 saturated heterocycles. The second-order valence-corrected chi connectivity index (χ2v) is 5.79. The third-order valence-electron chi connectivity index (χ3n) is 2.69. The van der Waals surface area contributed by atoms with E-state index in [1.807, 2.05) is 0 Å². The molecule has 0 radical (unpaired) electrons. The molecule has 0 spiro atoms. The minimum atomic E-state index is 0.555. The van der Waals surface area contributed by atoms with Crippen molar-refractivity contribution in [3.05, 3.63) is 16.3 Å². The monoisotopic (exact) mass is 235 g/mol. The second-order valence-electron chi connectivity index (χ2n) is 4.59. The normalized spacial score (nSPS) is 11.6. The van der Waals surface area contributed by atoms with Gasteiger partial charge in [0, 0.05) is 11.3 Å². The van der Waals surface area contributed by atoms with Crippen molar-refractivity contribution in [3.8, 4) is 0 Å². The van der Waals surface area contributed by atoms with Gasteiger partial charge in [0.2, 0.25) is 0 Å². The van der Waals surface area contributed by atoms with Crippen LogP contribution in [0.1, 0.15) is 30.1 Å². The van der Waals surface area contributed by atoms with Crippen LogP contribution in [0.15, 0.2) is 0 Å². The number of anilines is 1. The molecule has 0 unspecified atom stereocenters. The van der Waals surface area contributed by atoms with Crippen LogP contribution in [0.3, 0.4) is 0 Å². The number of aromatic nitrogens is 2. The van der Waals surface area contributed by atoms with Crippen molar-refractivity contribution in [1.29, 1.82) is 0 Å². The zero-order chi connectivity index (χ0) is 11.9. The first kappa shape index (κ1) is 11.3. The summed E-state index contributed by atoms with van der Waals surface area (Å²) in [4.78, 5) is 11.3. The molecule has 0 aliphatic heterocycles. The van der Waals surface area contributed by atoms with Crippen molar-refractivity contribution in [1.82, 2.24) is 9.97 Å². The molecule has 2 rings (SSSR count). The van der Waals surface area contributed by atoms with Crippen LogP contribution in [-0.4, -0.2) is 9.97 Å². The van der Waals surface area contributed by atoms with Crippen molar-refractivity contribution in [2.45, 2.75) is 34.1 Å². The maximum Gasteiger partial charge on any atom is 0.136 e. The van der Waals surface area contributed by atoms with Gasteiger partial charge in [-0.15, -0.1) is 11.3 Å². The summed E-state index contributed by atoms with van der Waals surface area (Å²) in [7, 11) is 0. The Bertz CT molecular complexity index is 529. The van der Waals surface area contributed by atoms with Gasteiger partial charge >= 0.3 is 0 Å². The fourth-order valence-electron chi connectivity index (χ4n) is 1.78. The first-order chi connectivity index (χ1) is 7.49. The quantitative estimate of drug-likeness (QED) is 0.870. The Kier molecular flexibility index (Phi) is 2.84. The van der Waals surface area contributed by atoms with Crippen molar-refractivity contribution >= 4 is 27.4 Å². The Labute approximate surface area is 99.7 Å². The summed E-state index contributed by atoms with van der Waals surface area (Å²) < 4.78 is 0. The van der Waals surface area contributed by atoms with E-state index in [0.29, 0.717) is 11.7 Å². The maximum atomic E-state index is 6.00. The Balaban J connectivity index is 2.59. The molecular formula is C12H17N3S. The van der Waals surface area contributed by atoms with E-state index in [4.69, 9.17) is 5.73 Å². The van der Waals surface area contributed by atoms with Gasteiger partial charge in [-0.25, -0.2) is 9.97 Å². The van der Waals surface area contributed by atoms with Crippen molar-refractivity contribution < 1.29 is 0 Å². The van der Waals surface area contributed by atoms with Gasteiger partial charge in [0.25, 0.3) is 0 Å². The van der Waals surface area contributed by atoms with Crippen LogP contribution in [-0.2, 0) is 6.42 Å². The highest BCUT2D eigenvalue weighted by Crippen LogP contribution is 2.31. The number of aryl methyl sites for hydroxylation is 2. The summed E-state index contributed by atoms with van der Waals surface area (Å²) in [6, 6.07) is 0. The Hall–Kier alpha value is -1.16. The van der Waals surface area contributed by atoms with Crippen LogP contribution in [0.25, 0.3) is 10.2 Å². The molecule has 0 aliphatic rings. The van der Waals surface area contributed by atoms with Crippen molar-refractivity contribution in [2.24, 2.45) is 5.92 Å². The number of nitrogens with zero attached hydrogens (tertiary/aromatic N) is 2. The molecule has 0 aliphatic carbocycles. The first-order valence-corrected chi connectivity index (χ1v) is 6.32. The predicted molar refractivity (Wildman–Crippen MR) is 69.8 cm³/mol. The fraction of sp³-hybridized carbons (Fsp3) is 0.500. The van der Waals surface area contributed by atoms with E-state index in [9.17, 15) is 0 Å². The van der Waals surface area contributed by atoms with Crippen LogP contribution < -0.4 is 5.73 Å². The van der Waals surface area contributed by atoms with Crippen LogP contribution in [0, 0.1) is 19.8 Å². The van der Waals surface area contributed by atoms with Crippen LogP contribution in [0.5, 0.6) is 0 Å². The lowest BCUT2D eigenvalue weighted by Crippen LogP contribution is -2.03. The molecule has 0 aromatic carbocycles. The molecule has 86 valence electrons. The molecule has 2 aromatic rings. The number of hydrogen-bond acceptors (Lipinski definition) is 4. The molecule has 3 nitrogen and oxygen atoms in total. The first-order valence-electron chi connectivity index (χ1n) is 5.51. The third kappa shape index (κ3) is 1.89. The largest absolute Gasteiger partial charge is 0.383 e. The highest BCUT2D eigenvalue weighted by molar-refractivity contribution is 7.18. The van der Waals surface area contributed by atoms with E-state index in [-0.39, 0.29) is 0 Å². The molecule has 0 atom stereocenters. The Morgan fingerprint density at radius 3 is 2.56 bits per heavy atom. The van der Waals surface area contributed by atoms with Crippen LogP contribution in [0.4, 0.5) is 5.82 Å². The lowest BCUT2D eigenvalue weighted by Gasteiger charge is -2.05. The smallest absolute Gasteiger partial charge is 0.136 e. The standard InChI is InChI=1S/C12H17N3S/c1-6(2)5-9-14-11(13)10-7(3)8(4)16-12(10)15-9/h6H,5H2,1-4H3,(H2,13,14,15). The number of fused-ring (bicyclic) bond motifs is 1. The fourth-order valence-corrected chi connectivity index (χ4v) is 2.84. The van der Waals surface area contributed by atoms with Gasteiger partial charge in [0.1, 0.15) is 16.5 Å². The van der Waals surface area contributed by atoms with Crippen LogP contribution >= 0.6 is 11.3 Å². The average molecular weight is 235 g/mol. The summed E-state index contributed by atoms with van der Waals surface area (Å²) in [5, 5.41) is 1.04. The third-order valence-corrected chi connectivity index (χ3v) is 3.79. The number of hydrogen-bond donors (Lipinski definition) is 1. The topological polar surface area (TPSA) is 51.8 Å². The van der Waals surface area contributed by atoms with E-state index in [2.05, 4.69) is 37.7 Å². The molecule has 0 bridgehead atoms. The summed E-state index contributed by atoms with van der Waals surface area (Å²) in [5.74, 6) is 2.04. The summed E-state index contributed by atoms with van der Waals surface area (Å²) in [6.07, 6.45) is 0.885. The van der Waals surface area contributed by atoms with Crippen molar-refractivity contribution in [2.75, 3.05) is 5.73 Å². The average Bonchev–Trinajstić information content (AvgIpc) is 2.41. The molecule has 2 N–H and O–H groups in total. The van der Waals surface area contributed by atoms with Gasteiger partial charge in [0.05, 0.1) is 5.39 Å². The van der Waals surface area contributed by atoms with Crippen molar-refractivity contribution in [3.63, 3.8) is 0 Å². The molecule has 16 heavy (non-hydrogen) atoms. The zero-order valence-corrected chi connectivity index (χ0v) is 11.0.